The fraction of sp³-hybridized carbons (Fsp3) is 0.800. The maximum atomic E-state index is 10.0. The van der Waals surface area contributed by atoms with Gasteiger partial charge in [0.05, 0.1) is 21.1 Å². The Morgan fingerprint density at radius 1 is 1.37 bits per heavy atom. The topological polar surface area (TPSA) is 124 Å². The van der Waals surface area contributed by atoms with Crippen molar-refractivity contribution in [3.63, 3.8) is 0 Å². The second-order valence-corrected chi connectivity index (χ2v) is 5.20. The third-order valence-corrected chi connectivity index (χ3v) is 2.07. The number of rotatable bonds is 6. The molecule has 7 nitrogen and oxygen atoms in total. The number of halogens is 1. The first-order valence-electron chi connectivity index (χ1n) is 5.27. The second-order valence-electron chi connectivity index (χ2n) is 4.83. The number of carboxylic acids is 2. The number of hydrogen-bond acceptors (Lipinski definition) is 6. The molecular weight excluding hydrogens is 296 g/mol. The molecule has 0 saturated carbocycles. The van der Waals surface area contributed by atoms with Gasteiger partial charge in [-0.25, -0.2) is 0 Å². The minimum Gasteiger partial charge on any atom is -0.550 e. The number of nitrogens with two attached hydrogens (primary N) is 1. The zero-order valence-corrected chi connectivity index (χ0v) is 13.0. The van der Waals surface area contributed by atoms with E-state index in [4.69, 9.17) is 15.9 Å². The van der Waals surface area contributed by atoms with E-state index in [1.165, 1.54) is 0 Å². The summed E-state index contributed by atoms with van der Waals surface area (Å²) in [6.45, 7) is 0.425. The smallest absolute Gasteiger partial charge is 0.321 e. The van der Waals surface area contributed by atoms with E-state index in [0.717, 1.165) is 0 Å². The van der Waals surface area contributed by atoms with Crippen molar-refractivity contribution in [2.75, 3.05) is 33.4 Å². The molecule has 19 heavy (non-hydrogen) atoms. The molecule has 0 amide bonds. The maximum absolute atomic E-state index is 10.0. The van der Waals surface area contributed by atoms with E-state index in [9.17, 15) is 14.7 Å². The van der Waals surface area contributed by atoms with E-state index in [1.807, 2.05) is 21.1 Å². The molecule has 0 aliphatic carbocycles. The van der Waals surface area contributed by atoms with E-state index in [2.05, 4.69) is 12.6 Å². The lowest BCUT2D eigenvalue weighted by atomic mass is 10.2. The molecule has 0 fully saturated rings. The summed E-state index contributed by atoms with van der Waals surface area (Å²) >= 11 is 3.65. The molecule has 2 unspecified atom stereocenters. The Kier molecular flexibility index (Phi) is 14.0. The highest BCUT2D eigenvalue weighted by Crippen LogP contribution is 1.97. The Bertz CT molecular complexity index is 273. The van der Waals surface area contributed by atoms with Crippen molar-refractivity contribution in [2.45, 2.75) is 18.6 Å². The number of hydrogen-bond donors (Lipinski definition) is 4. The highest BCUT2D eigenvalue weighted by Gasteiger charge is 2.14. The number of thiol groups is 1. The number of nitrogens with zero attached hydrogens (tertiary/aromatic N) is 1. The molecular formula is C10H23ClN2O5S. The van der Waals surface area contributed by atoms with Crippen LogP contribution in [0.4, 0.5) is 0 Å². The summed E-state index contributed by atoms with van der Waals surface area (Å²) < 4.78 is 0.550. The fourth-order valence-electron chi connectivity index (χ4n) is 0.967. The van der Waals surface area contributed by atoms with Crippen LogP contribution in [0.25, 0.3) is 0 Å². The lowest BCUT2D eigenvalue weighted by Gasteiger charge is -2.26. The molecule has 0 bridgehead atoms. The minimum atomic E-state index is -1.20. The van der Waals surface area contributed by atoms with Crippen molar-refractivity contribution in [2.24, 2.45) is 5.73 Å². The number of aliphatic hydroxyl groups excluding tert-OH is 1. The highest BCUT2D eigenvalue weighted by molar-refractivity contribution is 7.80. The molecule has 116 valence electrons. The van der Waals surface area contributed by atoms with Gasteiger partial charge in [0.15, 0.2) is 0 Å². The van der Waals surface area contributed by atoms with Gasteiger partial charge in [-0.2, -0.15) is 12.6 Å². The molecule has 2 atom stereocenters. The number of likely N-dealkylation sites (N-methyl/N-ethyl adjacent to an activating group) is 1. The molecule has 0 aliphatic heterocycles. The van der Waals surface area contributed by atoms with E-state index < -0.39 is 24.1 Å². The van der Waals surface area contributed by atoms with Crippen LogP contribution in [0, 0.1) is 0 Å². The quantitative estimate of drug-likeness (QED) is 0.330. The van der Waals surface area contributed by atoms with Crippen molar-refractivity contribution in [1.29, 1.82) is 0 Å². The maximum Gasteiger partial charge on any atom is 0.321 e. The lowest BCUT2D eigenvalue weighted by molar-refractivity contribution is -0.873. The highest BCUT2D eigenvalue weighted by atomic mass is 35.5. The van der Waals surface area contributed by atoms with Gasteiger partial charge < -0.3 is 30.3 Å². The minimum absolute atomic E-state index is 0. The van der Waals surface area contributed by atoms with Gasteiger partial charge in [0.2, 0.25) is 0 Å². The van der Waals surface area contributed by atoms with Crippen LogP contribution in [0.2, 0.25) is 0 Å². The lowest BCUT2D eigenvalue weighted by Crippen LogP contribution is -2.43. The number of aliphatic hydroxyl groups is 1. The summed E-state index contributed by atoms with van der Waals surface area (Å²) in [5.74, 6) is -2.02. The molecule has 0 heterocycles. The van der Waals surface area contributed by atoms with Gasteiger partial charge in [-0.1, -0.05) is 0 Å². The van der Waals surface area contributed by atoms with Crippen molar-refractivity contribution < 1.29 is 29.4 Å². The SMILES string of the molecule is C[N+](C)(C)CC(O)CC(=O)[O-].Cl.NC(CS)C(=O)O. The molecule has 0 aromatic heterocycles. The van der Waals surface area contributed by atoms with Crippen LogP contribution < -0.4 is 10.8 Å². The van der Waals surface area contributed by atoms with Crippen LogP contribution in [-0.4, -0.2) is 72.2 Å². The van der Waals surface area contributed by atoms with Gasteiger partial charge >= 0.3 is 5.97 Å². The van der Waals surface area contributed by atoms with Crippen molar-refractivity contribution in [3.8, 4) is 0 Å². The molecule has 0 spiro atoms. The number of aliphatic carboxylic acids is 2. The molecule has 4 N–H and O–H groups in total. The molecule has 0 saturated heterocycles. The van der Waals surface area contributed by atoms with Crippen molar-refractivity contribution in [1.82, 2.24) is 0 Å². The third-order valence-electron chi connectivity index (χ3n) is 1.67. The summed E-state index contributed by atoms with van der Waals surface area (Å²) in [4.78, 5) is 19.8. The van der Waals surface area contributed by atoms with Gasteiger partial charge in [-0.05, 0) is 0 Å². The first-order chi connectivity index (χ1) is 7.99. The Morgan fingerprint density at radius 2 is 1.79 bits per heavy atom. The summed E-state index contributed by atoms with van der Waals surface area (Å²) in [7, 11) is 5.66. The second kappa shape index (κ2) is 11.3. The van der Waals surface area contributed by atoms with Crippen LogP contribution in [0.1, 0.15) is 6.42 Å². The monoisotopic (exact) mass is 318 g/mol. The van der Waals surface area contributed by atoms with Crippen LogP contribution >= 0.6 is 25.0 Å². The van der Waals surface area contributed by atoms with Crippen LogP contribution in [0.5, 0.6) is 0 Å². The fourth-order valence-corrected chi connectivity index (χ4v) is 1.12. The van der Waals surface area contributed by atoms with E-state index in [1.54, 1.807) is 0 Å². The molecule has 0 aromatic rings. The predicted molar refractivity (Wildman–Crippen MR) is 75.2 cm³/mol. The molecule has 9 heteroatoms. The Balaban J connectivity index is -0.000000280. The van der Waals surface area contributed by atoms with Crippen LogP contribution in [0.3, 0.4) is 0 Å². The van der Waals surface area contributed by atoms with Gasteiger partial charge in [0.1, 0.15) is 18.7 Å². The molecule has 0 radical (unpaired) electrons. The summed E-state index contributed by atoms with van der Waals surface area (Å²) in [5, 5.41) is 27.1. The molecule has 0 aliphatic rings. The Labute approximate surface area is 124 Å². The van der Waals surface area contributed by atoms with Crippen LogP contribution in [-0.2, 0) is 9.59 Å². The van der Waals surface area contributed by atoms with Crippen molar-refractivity contribution in [3.05, 3.63) is 0 Å². The third kappa shape index (κ3) is 20.0. The normalized spacial score (nSPS) is 13.4. The zero-order chi connectivity index (χ0) is 14.9. The largest absolute Gasteiger partial charge is 0.550 e. The first kappa shape index (κ1) is 23.5. The zero-order valence-electron chi connectivity index (χ0n) is 11.3. The standard InChI is InChI=1S/C7H15NO3.C3H7NO2S.ClH/c1-8(2,3)5-6(9)4-7(10)11;4-2(1-7)3(5)6;/h6,9H,4-5H2,1-3H3;2,7H,1,4H2,(H,5,6);1H. The predicted octanol–water partition coefficient (Wildman–Crippen LogP) is -2.06. The van der Waals surface area contributed by atoms with Gasteiger partial charge in [0.25, 0.3) is 0 Å². The van der Waals surface area contributed by atoms with Crippen molar-refractivity contribution >= 4 is 37.0 Å². The van der Waals surface area contributed by atoms with E-state index in [0.29, 0.717) is 11.0 Å². The van der Waals surface area contributed by atoms with E-state index >= 15 is 0 Å². The number of carboxylic acid groups (broad SMARTS) is 2. The Hall–Kier alpha value is -0.540. The van der Waals surface area contributed by atoms with Crippen LogP contribution in [0.15, 0.2) is 0 Å². The van der Waals surface area contributed by atoms with E-state index in [-0.39, 0.29) is 24.6 Å². The number of quaternary nitrogens is 1. The summed E-state index contributed by atoms with van der Waals surface area (Å²) in [6, 6.07) is -0.816. The summed E-state index contributed by atoms with van der Waals surface area (Å²) in [6.07, 6.45) is -1.09. The number of carbonyl (C=O) groups is 2. The molecule has 0 rings (SSSR count). The van der Waals surface area contributed by atoms with Gasteiger partial charge in [-0.3, -0.25) is 4.79 Å². The number of carbonyl (C=O) groups excluding carboxylic acids is 1. The summed E-state index contributed by atoms with van der Waals surface area (Å²) in [5.41, 5.74) is 4.94. The Morgan fingerprint density at radius 3 is 1.95 bits per heavy atom. The van der Waals surface area contributed by atoms with Gasteiger partial charge in [-0.15, -0.1) is 12.4 Å². The average Bonchev–Trinajstić information content (AvgIpc) is 2.12. The molecule has 0 aromatic carbocycles. The first-order valence-corrected chi connectivity index (χ1v) is 5.90. The average molecular weight is 319 g/mol. The van der Waals surface area contributed by atoms with Gasteiger partial charge in [0, 0.05) is 18.1 Å².